The van der Waals surface area contributed by atoms with Gasteiger partial charge in [-0.25, -0.2) is 4.39 Å². The summed E-state index contributed by atoms with van der Waals surface area (Å²) in [5.74, 6) is -0.405. The molecule has 1 heterocycles. The van der Waals surface area contributed by atoms with Crippen molar-refractivity contribution in [2.24, 2.45) is 0 Å². The van der Waals surface area contributed by atoms with Crippen LogP contribution in [0.2, 0.25) is 0 Å². The van der Waals surface area contributed by atoms with E-state index in [1.165, 1.54) is 12.3 Å². The third-order valence-electron chi connectivity index (χ3n) is 1.41. The van der Waals surface area contributed by atoms with Gasteiger partial charge in [0.1, 0.15) is 5.82 Å². The first-order chi connectivity index (χ1) is 5.27. The van der Waals surface area contributed by atoms with Crippen LogP contribution in [0.5, 0.6) is 0 Å². The van der Waals surface area contributed by atoms with Crippen LogP contribution in [0.3, 0.4) is 0 Å². The smallest absolute Gasteiger partial charge is 0.151 e. The number of halogens is 1. The molecule has 0 aliphatic heterocycles. The zero-order valence-corrected chi connectivity index (χ0v) is 6.17. The summed E-state index contributed by atoms with van der Waals surface area (Å²) < 4.78 is 12.8. The highest BCUT2D eigenvalue weighted by atomic mass is 19.1. The number of aromatic nitrogens is 1. The van der Waals surface area contributed by atoms with Crippen LogP contribution >= 0.6 is 0 Å². The van der Waals surface area contributed by atoms with E-state index in [1.54, 1.807) is 0 Å². The molecule has 0 atom stereocenters. The largest absolute Gasteiger partial charge is 0.298 e. The molecule has 0 fully saturated rings. The minimum Gasteiger partial charge on any atom is -0.298 e. The molecule has 0 aliphatic rings. The summed E-state index contributed by atoms with van der Waals surface area (Å²) in [4.78, 5) is 13.9. The lowest BCUT2D eigenvalue weighted by molar-refractivity contribution is 0.112. The van der Waals surface area contributed by atoms with Gasteiger partial charge in [0.15, 0.2) is 6.29 Å². The van der Waals surface area contributed by atoms with Gasteiger partial charge in [-0.2, -0.15) is 0 Å². The van der Waals surface area contributed by atoms with Crippen LogP contribution in [0.1, 0.15) is 23.0 Å². The van der Waals surface area contributed by atoms with E-state index in [0.717, 1.165) is 0 Å². The lowest BCUT2D eigenvalue weighted by atomic mass is 10.2. The van der Waals surface area contributed by atoms with E-state index in [-0.39, 0.29) is 5.56 Å². The molecule has 58 valence electrons. The molecule has 0 saturated heterocycles. The molecule has 1 aromatic heterocycles. The minimum atomic E-state index is -0.405. The number of carbonyl (C=O) groups excluding carboxylic acids is 1. The molecule has 0 aromatic carbocycles. The van der Waals surface area contributed by atoms with Crippen molar-refractivity contribution in [3.8, 4) is 0 Å². The van der Waals surface area contributed by atoms with Crippen LogP contribution in [0, 0.1) is 5.82 Å². The number of aryl methyl sites for hydroxylation is 1. The molecule has 0 aliphatic carbocycles. The third kappa shape index (κ3) is 1.61. The standard InChI is InChI=1S/C8H8FNO/c1-2-8-7(9)3-6(5-11)4-10-8/h3-5H,2H2,1H3. The number of pyridine rings is 1. The van der Waals surface area contributed by atoms with E-state index in [2.05, 4.69) is 4.98 Å². The predicted molar refractivity (Wildman–Crippen MR) is 39.0 cm³/mol. The first kappa shape index (κ1) is 7.85. The molecule has 3 heteroatoms. The van der Waals surface area contributed by atoms with Gasteiger partial charge in [0.2, 0.25) is 0 Å². The van der Waals surface area contributed by atoms with Crippen LogP contribution in [-0.2, 0) is 6.42 Å². The van der Waals surface area contributed by atoms with Gasteiger partial charge in [-0.05, 0) is 12.5 Å². The van der Waals surface area contributed by atoms with Crippen molar-refractivity contribution < 1.29 is 9.18 Å². The molecule has 0 saturated carbocycles. The van der Waals surface area contributed by atoms with Gasteiger partial charge in [-0.3, -0.25) is 9.78 Å². The van der Waals surface area contributed by atoms with E-state index >= 15 is 0 Å². The van der Waals surface area contributed by atoms with Crippen molar-refractivity contribution in [2.45, 2.75) is 13.3 Å². The highest BCUT2D eigenvalue weighted by Crippen LogP contribution is 2.05. The molecule has 0 N–H and O–H groups in total. The Labute approximate surface area is 64.1 Å². The summed E-state index contributed by atoms with van der Waals surface area (Å²) >= 11 is 0. The van der Waals surface area contributed by atoms with Gasteiger partial charge >= 0.3 is 0 Å². The van der Waals surface area contributed by atoms with Crippen molar-refractivity contribution in [1.29, 1.82) is 0 Å². The summed E-state index contributed by atoms with van der Waals surface area (Å²) in [7, 11) is 0. The minimum absolute atomic E-state index is 0.278. The molecule has 1 rings (SSSR count). The van der Waals surface area contributed by atoms with Crippen LogP contribution < -0.4 is 0 Å². The van der Waals surface area contributed by atoms with Crippen LogP contribution in [0.4, 0.5) is 4.39 Å². The zero-order chi connectivity index (χ0) is 8.27. The molecule has 11 heavy (non-hydrogen) atoms. The number of rotatable bonds is 2. The molecule has 0 spiro atoms. The molecule has 0 radical (unpaired) electrons. The summed E-state index contributed by atoms with van der Waals surface area (Å²) in [6.45, 7) is 1.81. The summed E-state index contributed by atoms with van der Waals surface area (Å²) in [6.07, 6.45) is 2.50. The Balaban J connectivity index is 3.09. The Bertz CT molecular complexity index is 273. The average molecular weight is 153 g/mol. The maximum Gasteiger partial charge on any atom is 0.151 e. The van der Waals surface area contributed by atoms with Gasteiger partial charge in [0, 0.05) is 11.8 Å². The molecule has 2 nitrogen and oxygen atoms in total. The summed E-state index contributed by atoms with van der Waals surface area (Å²) in [5.41, 5.74) is 0.676. The Hall–Kier alpha value is -1.25. The van der Waals surface area contributed by atoms with Gasteiger partial charge in [-0.15, -0.1) is 0 Å². The third-order valence-corrected chi connectivity index (χ3v) is 1.41. The van der Waals surface area contributed by atoms with Crippen molar-refractivity contribution in [2.75, 3.05) is 0 Å². The molecule has 0 unspecified atom stereocenters. The van der Waals surface area contributed by atoms with E-state index in [0.29, 0.717) is 18.4 Å². The van der Waals surface area contributed by atoms with Crippen LogP contribution in [-0.4, -0.2) is 11.3 Å². The highest BCUT2D eigenvalue weighted by molar-refractivity contribution is 5.73. The second-order valence-corrected chi connectivity index (χ2v) is 2.17. The van der Waals surface area contributed by atoms with Crippen molar-refractivity contribution in [3.63, 3.8) is 0 Å². The first-order valence-corrected chi connectivity index (χ1v) is 3.37. The Morgan fingerprint density at radius 2 is 2.45 bits per heavy atom. The molecule has 1 aromatic rings. The van der Waals surface area contributed by atoms with Gasteiger partial charge in [-0.1, -0.05) is 6.92 Å². The van der Waals surface area contributed by atoms with Gasteiger partial charge in [0.05, 0.1) is 5.69 Å². The number of hydrogen-bond donors (Lipinski definition) is 0. The molecular formula is C8H8FNO. The number of carbonyl (C=O) groups is 1. The fourth-order valence-corrected chi connectivity index (χ4v) is 0.806. The summed E-state index contributed by atoms with van der Waals surface area (Å²) in [5, 5.41) is 0. The fourth-order valence-electron chi connectivity index (χ4n) is 0.806. The number of aldehydes is 1. The second kappa shape index (κ2) is 3.23. The monoisotopic (exact) mass is 153 g/mol. The lowest BCUT2D eigenvalue weighted by Crippen LogP contribution is -1.94. The number of nitrogens with zero attached hydrogens (tertiary/aromatic N) is 1. The Morgan fingerprint density at radius 1 is 1.73 bits per heavy atom. The molecule has 0 amide bonds. The Kier molecular flexibility index (Phi) is 2.31. The van der Waals surface area contributed by atoms with Crippen molar-refractivity contribution >= 4 is 6.29 Å². The topological polar surface area (TPSA) is 30.0 Å². The lowest BCUT2D eigenvalue weighted by Gasteiger charge is -1.97. The second-order valence-electron chi connectivity index (χ2n) is 2.17. The highest BCUT2D eigenvalue weighted by Gasteiger charge is 2.01. The first-order valence-electron chi connectivity index (χ1n) is 3.37. The summed E-state index contributed by atoms with van der Waals surface area (Å²) in [6, 6.07) is 1.19. The van der Waals surface area contributed by atoms with E-state index in [9.17, 15) is 9.18 Å². The normalized spacial score (nSPS) is 9.64. The maximum atomic E-state index is 12.8. The van der Waals surface area contributed by atoms with Crippen LogP contribution in [0.25, 0.3) is 0 Å². The zero-order valence-electron chi connectivity index (χ0n) is 6.17. The Morgan fingerprint density at radius 3 is 2.91 bits per heavy atom. The number of hydrogen-bond acceptors (Lipinski definition) is 2. The van der Waals surface area contributed by atoms with E-state index in [4.69, 9.17) is 0 Å². The maximum absolute atomic E-state index is 12.8. The average Bonchev–Trinajstić information content (AvgIpc) is 2.04. The van der Waals surface area contributed by atoms with Gasteiger partial charge < -0.3 is 0 Å². The SMILES string of the molecule is CCc1ncc(C=O)cc1F. The van der Waals surface area contributed by atoms with E-state index in [1.807, 2.05) is 6.92 Å². The van der Waals surface area contributed by atoms with Crippen molar-refractivity contribution in [1.82, 2.24) is 4.98 Å². The fraction of sp³-hybridized carbons (Fsp3) is 0.250. The van der Waals surface area contributed by atoms with E-state index < -0.39 is 5.82 Å². The molecular weight excluding hydrogens is 145 g/mol. The molecule has 0 bridgehead atoms. The van der Waals surface area contributed by atoms with Crippen molar-refractivity contribution in [3.05, 3.63) is 29.3 Å². The predicted octanol–water partition coefficient (Wildman–Crippen LogP) is 1.60. The van der Waals surface area contributed by atoms with Crippen LogP contribution in [0.15, 0.2) is 12.3 Å². The van der Waals surface area contributed by atoms with Gasteiger partial charge in [0.25, 0.3) is 0 Å². The quantitative estimate of drug-likeness (QED) is 0.604.